The molecule has 0 rings (SSSR count). The number of aliphatic hydroxyl groups is 2. The molecule has 0 heterocycles. The molecule has 0 aliphatic carbocycles. The normalized spacial score (nSPS) is 12.9. The van der Waals surface area contributed by atoms with Crippen molar-refractivity contribution in [3.63, 3.8) is 0 Å². The van der Waals surface area contributed by atoms with E-state index < -0.39 is 6.10 Å². The largest absolute Gasteiger partial charge is 0.463 e. The van der Waals surface area contributed by atoms with Crippen LogP contribution in [0, 0.1) is 0 Å². The fourth-order valence-corrected chi connectivity index (χ4v) is 1.28. The smallest absolute Gasteiger partial charge is 0.330 e. The van der Waals surface area contributed by atoms with Gasteiger partial charge in [-0.3, -0.25) is 0 Å². The summed E-state index contributed by atoms with van der Waals surface area (Å²) in [6.45, 7) is 2.02. The first-order chi connectivity index (χ1) is 7.70. The van der Waals surface area contributed by atoms with Crippen LogP contribution in [0.5, 0.6) is 0 Å². The highest BCUT2D eigenvalue weighted by atomic mass is 16.5. The third-order valence-electron chi connectivity index (χ3n) is 2.16. The van der Waals surface area contributed by atoms with E-state index >= 15 is 0 Å². The Hall–Kier alpha value is -0.870. The maximum Gasteiger partial charge on any atom is 0.330 e. The van der Waals surface area contributed by atoms with Crippen molar-refractivity contribution in [1.82, 2.24) is 0 Å². The second-order valence-electron chi connectivity index (χ2n) is 3.63. The average Bonchev–Trinajstić information content (AvgIpc) is 2.27. The van der Waals surface area contributed by atoms with Gasteiger partial charge in [0, 0.05) is 6.08 Å². The van der Waals surface area contributed by atoms with Gasteiger partial charge < -0.3 is 14.9 Å². The Balaban J connectivity index is 3.29. The molecule has 0 unspecified atom stereocenters. The number of aliphatic hydroxyl groups excluding tert-OH is 2. The molecule has 0 amide bonds. The van der Waals surface area contributed by atoms with Gasteiger partial charge in [0.1, 0.15) is 0 Å². The van der Waals surface area contributed by atoms with Crippen molar-refractivity contribution in [3.8, 4) is 0 Å². The van der Waals surface area contributed by atoms with Crippen LogP contribution < -0.4 is 0 Å². The van der Waals surface area contributed by atoms with Crippen LogP contribution in [0.15, 0.2) is 12.2 Å². The molecule has 4 nitrogen and oxygen atoms in total. The Kier molecular flexibility index (Phi) is 10.1. The standard InChI is InChI=1S/C12H22O4/c1-2-16-12(15)9-7-5-3-4-6-8-11(14)10-13/h7,9,11,13-14H,2-6,8,10H2,1H3/b9-7-/t11-/m1/s1. The van der Waals surface area contributed by atoms with Crippen LogP contribution in [0.1, 0.15) is 39.0 Å². The fraction of sp³-hybridized carbons (Fsp3) is 0.750. The molecule has 0 saturated heterocycles. The van der Waals surface area contributed by atoms with Crippen molar-refractivity contribution in [1.29, 1.82) is 0 Å². The van der Waals surface area contributed by atoms with Gasteiger partial charge in [0.25, 0.3) is 0 Å². The molecule has 0 aromatic heterocycles. The lowest BCUT2D eigenvalue weighted by atomic mass is 10.1. The Bertz CT molecular complexity index is 201. The number of allylic oxidation sites excluding steroid dienone is 1. The molecule has 0 spiro atoms. The van der Waals surface area contributed by atoms with E-state index in [1.54, 1.807) is 13.0 Å². The SMILES string of the molecule is CCOC(=O)/C=C\CCCCC[C@@H](O)CO. The van der Waals surface area contributed by atoms with Crippen molar-refractivity contribution in [2.75, 3.05) is 13.2 Å². The third-order valence-corrected chi connectivity index (χ3v) is 2.16. The molecular weight excluding hydrogens is 208 g/mol. The average molecular weight is 230 g/mol. The number of carbonyl (C=O) groups is 1. The number of rotatable bonds is 9. The highest BCUT2D eigenvalue weighted by molar-refractivity contribution is 5.81. The topological polar surface area (TPSA) is 66.8 Å². The summed E-state index contributed by atoms with van der Waals surface area (Å²) in [5, 5.41) is 17.6. The summed E-state index contributed by atoms with van der Waals surface area (Å²) >= 11 is 0. The summed E-state index contributed by atoms with van der Waals surface area (Å²) in [6, 6.07) is 0. The van der Waals surface area contributed by atoms with Crippen LogP contribution >= 0.6 is 0 Å². The van der Waals surface area contributed by atoms with E-state index in [9.17, 15) is 4.79 Å². The third kappa shape index (κ3) is 9.68. The van der Waals surface area contributed by atoms with Gasteiger partial charge >= 0.3 is 5.97 Å². The highest BCUT2D eigenvalue weighted by Crippen LogP contribution is 2.06. The van der Waals surface area contributed by atoms with Crippen molar-refractivity contribution >= 4 is 5.97 Å². The lowest BCUT2D eigenvalue weighted by Crippen LogP contribution is -2.10. The summed E-state index contributed by atoms with van der Waals surface area (Å²) < 4.78 is 4.73. The minimum absolute atomic E-state index is 0.164. The van der Waals surface area contributed by atoms with Crippen LogP contribution in [0.2, 0.25) is 0 Å². The number of hydrogen-bond acceptors (Lipinski definition) is 4. The first kappa shape index (κ1) is 15.1. The number of ether oxygens (including phenoxy) is 1. The molecule has 0 aromatic rings. The van der Waals surface area contributed by atoms with E-state index in [2.05, 4.69) is 0 Å². The molecule has 0 saturated carbocycles. The summed E-state index contributed by atoms with van der Waals surface area (Å²) in [4.78, 5) is 10.9. The van der Waals surface area contributed by atoms with Crippen LogP contribution in [-0.2, 0) is 9.53 Å². The molecular formula is C12H22O4. The Morgan fingerprint density at radius 3 is 2.75 bits per heavy atom. The number of carbonyl (C=O) groups excluding carboxylic acids is 1. The second kappa shape index (κ2) is 10.6. The van der Waals surface area contributed by atoms with E-state index in [0.29, 0.717) is 13.0 Å². The first-order valence-electron chi connectivity index (χ1n) is 5.83. The molecule has 1 atom stereocenters. The van der Waals surface area contributed by atoms with Crippen LogP contribution in [0.3, 0.4) is 0 Å². The predicted molar refractivity (Wildman–Crippen MR) is 62.0 cm³/mol. The second-order valence-corrected chi connectivity index (χ2v) is 3.63. The monoisotopic (exact) mass is 230 g/mol. The minimum Gasteiger partial charge on any atom is -0.463 e. The van der Waals surface area contributed by atoms with Gasteiger partial charge in [0.05, 0.1) is 19.3 Å². The summed E-state index contributed by atoms with van der Waals surface area (Å²) in [5.74, 6) is -0.293. The molecule has 94 valence electrons. The number of hydrogen-bond donors (Lipinski definition) is 2. The zero-order valence-corrected chi connectivity index (χ0v) is 9.89. The van der Waals surface area contributed by atoms with E-state index in [0.717, 1.165) is 25.7 Å². The number of unbranched alkanes of at least 4 members (excludes halogenated alkanes) is 3. The Morgan fingerprint density at radius 2 is 2.12 bits per heavy atom. The zero-order chi connectivity index (χ0) is 12.2. The molecule has 0 aliphatic rings. The van der Waals surface area contributed by atoms with Gasteiger partial charge in [-0.15, -0.1) is 0 Å². The Morgan fingerprint density at radius 1 is 1.38 bits per heavy atom. The van der Waals surface area contributed by atoms with E-state index in [-0.39, 0.29) is 12.6 Å². The Labute approximate surface area is 96.9 Å². The lowest BCUT2D eigenvalue weighted by molar-refractivity contribution is -0.137. The molecule has 0 bridgehead atoms. The summed E-state index contributed by atoms with van der Waals surface area (Å²) in [5.41, 5.74) is 0. The molecule has 2 N–H and O–H groups in total. The van der Waals surface area contributed by atoms with Gasteiger partial charge in [-0.1, -0.05) is 18.9 Å². The lowest BCUT2D eigenvalue weighted by Gasteiger charge is -2.05. The molecule has 0 aliphatic heterocycles. The summed E-state index contributed by atoms with van der Waals surface area (Å²) in [7, 11) is 0. The predicted octanol–water partition coefficient (Wildman–Crippen LogP) is 1.41. The van der Waals surface area contributed by atoms with Gasteiger partial charge in [-0.25, -0.2) is 4.79 Å². The van der Waals surface area contributed by atoms with Crippen molar-refractivity contribution in [2.45, 2.75) is 45.1 Å². The fourth-order valence-electron chi connectivity index (χ4n) is 1.28. The maximum absolute atomic E-state index is 10.9. The zero-order valence-electron chi connectivity index (χ0n) is 9.89. The van der Waals surface area contributed by atoms with Crippen molar-refractivity contribution in [2.24, 2.45) is 0 Å². The van der Waals surface area contributed by atoms with Gasteiger partial charge in [0.2, 0.25) is 0 Å². The maximum atomic E-state index is 10.9. The molecule has 0 radical (unpaired) electrons. The minimum atomic E-state index is -0.588. The van der Waals surface area contributed by atoms with E-state index in [1.165, 1.54) is 6.08 Å². The quantitative estimate of drug-likeness (QED) is 0.357. The van der Waals surface area contributed by atoms with Gasteiger partial charge in [-0.05, 0) is 26.2 Å². The molecule has 0 fully saturated rings. The van der Waals surface area contributed by atoms with Gasteiger partial charge in [-0.2, -0.15) is 0 Å². The summed E-state index contributed by atoms with van der Waals surface area (Å²) in [6.07, 6.45) is 7.02. The van der Waals surface area contributed by atoms with Crippen LogP contribution in [0.25, 0.3) is 0 Å². The van der Waals surface area contributed by atoms with E-state index in [4.69, 9.17) is 14.9 Å². The molecule has 0 aromatic carbocycles. The van der Waals surface area contributed by atoms with Crippen LogP contribution in [0.4, 0.5) is 0 Å². The van der Waals surface area contributed by atoms with Crippen molar-refractivity contribution < 1.29 is 19.7 Å². The molecule has 4 heteroatoms. The van der Waals surface area contributed by atoms with Crippen molar-refractivity contribution in [3.05, 3.63) is 12.2 Å². The van der Waals surface area contributed by atoms with Crippen LogP contribution in [-0.4, -0.2) is 35.5 Å². The molecule has 16 heavy (non-hydrogen) atoms. The highest BCUT2D eigenvalue weighted by Gasteiger charge is 2.00. The van der Waals surface area contributed by atoms with E-state index in [1.807, 2.05) is 0 Å². The first-order valence-corrected chi connectivity index (χ1v) is 5.83. The number of esters is 1. The van der Waals surface area contributed by atoms with Gasteiger partial charge in [0.15, 0.2) is 0 Å².